The maximum Gasteiger partial charge on any atom is 0.127 e. The van der Waals surface area contributed by atoms with Crippen molar-refractivity contribution in [2.45, 2.75) is 44.8 Å². The van der Waals surface area contributed by atoms with Crippen molar-refractivity contribution in [2.24, 2.45) is 0 Å². The standard InChI is InChI=1S/C13H18FNOS/c1-8(2)9-3-10(14)5-12(4-9)16-13-6-11(7-13)15-17/h3-5,8,11,13,15,17H,6-7H2,1-2H3. The third-order valence-electron chi connectivity index (χ3n) is 3.14. The van der Waals surface area contributed by atoms with Gasteiger partial charge in [-0.3, -0.25) is 4.72 Å². The van der Waals surface area contributed by atoms with E-state index in [-0.39, 0.29) is 11.9 Å². The van der Waals surface area contributed by atoms with Gasteiger partial charge in [-0.2, -0.15) is 0 Å². The van der Waals surface area contributed by atoms with E-state index >= 15 is 0 Å². The van der Waals surface area contributed by atoms with Crippen LogP contribution in [0.25, 0.3) is 0 Å². The Balaban J connectivity index is 2.01. The summed E-state index contributed by atoms with van der Waals surface area (Å²) in [6, 6.07) is 5.36. The van der Waals surface area contributed by atoms with Crippen LogP contribution in [0.4, 0.5) is 4.39 Å². The molecule has 0 aliphatic heterocycles. The Morgan fingerprint density at radius 1 is 1.35 bits per heavy atom. The number of thiol groups is 1. The van der Waals surface area contributed by atoms with E-state index in [4.69, 9.17) is 4.74 Å². The SMILES string of the molecule is CC(C)c1cc(F)cc(OC2CC(NS)C2)c1. The molecule has 0 saturated heterocycles. The number of rotatable bonds is 4. The number of hydrogen-bond acceptors (Lipinski definition) is 3. The zero-order valence-electron chi connectivity index (χ0n) is 10.1. The minimum atomic E-state index is -0.227. The number of nitrogens with one attached hydrogen (secondary N) is 1. The van der Waals surface area contributed by atoms with Crippen LogP contribution in [0, 0.1) is 5.82 Å². The molecule has 2 nitrogen and oxygen atoms in total. The van der Waals surface area contributed by atoms with E-state index in [1.54, 1.807) is 6.07 Å². The van der Waals surface area contributed by atoms with Crippen LogP contribution >= 0.6 is 12.8 Å². The molecule has 0 radical (unpaired) electrons. The van der Waals surface area contributed by atoms with Gasteiger partial charge in [-0.05, 0) is 23.6 Å². The fourth-order valence-electron chi connectivity index (χ4n) is 1.95. The number of halogens is 1. The third-order valence-corrected chi connectivity index (χ3v) is 3.51. The van der Waals surface area contributed by atoms with Gasteiger partial charge in [0.25, 0.3) is 0 Å². The van der Waals surface area contributed by atoms with E-state index in [0.29, 0.717) is 17.7 Å². The van der Waals surface area contributed by atoms with E-state index in [2.05, 4.69) is 17.5 Å². The second kappa shape index (κ2) is 5.27. The summed E-state index contributed by atoms with van der Waals surface area (Å²) in [6.45, 7) is 4.09. The molecule has 1 saturated carbocycles. The Kier molecular flexibility index (Phi) is 3.94. The van der Waals surface area contributed by atoms with E-state index in [1.165, 1.54) is 6.07 Å². The van der Waals surface area contributed by atoms with Gasteiger partial charge in [-0.1, -0.05) is 26.7 Å². The molecule has 0 amide bonds. The molecule has 0 aromatic heterocycles. The average molecular weight is 255 g/mol. The monoisotopic (exact) mass is 255 g/mol. The molecule has 2 rings (SSSR count). The third kappa shape index (κ3) is 3.13. The molecule has 17 heavy (non-hydrogen) atoms. The Hall–Kier alpha value is -0.740. The summed E-state index contributed by atoms with van der Waals surface area (Å²) in [5, 5.41) is 0. The van der Waals surface area contributed by atoms with Gasteiger partial charge in [0, 0.05) is 24.9 Å². The van der Waals surface area contributed by atoms with Crippen LogP contribution in [0.2, 0.25) is 0 Å². The lowest BCUT2D eigenvalue weighted by Gasteiger charge is -2.34. The fraction of sp³-hybridized carbons (Fsp3) is 0.538. The molecule has 1 N–H and O–H groups in total. The first-order valence-electron chi connectivity index (χ1n) is 5.95. The van der Waals surface area contributed by atoms with Crippen molar-refractivity contribution in [2.75, 3.05) is 0 Å². The van der Waals surface area contributed by atoms with Gasteiger partial charge in [0.15, 0.2) is 0 Å². The summed E-state index contributed by atoms with van der Waals surface area (Å²) in [5.74, 6) is 0.715. The van der Waals surface area contributed by atoms with E-state index in [0.717, 1.165) is 18.4 Å². The topological polar surface area (TPSA) is 21.3 Å². The van der Waals surface area contributed by atoms with Crippen LogP contribution < -0.4 is 9.46 Å². The second-order valence-electron chi connectivity index (χ2n) is 4.91. The van der Waals surface area contributed by atoms with E-state index < -0.39 is 0 Å². The molecule has 0 bridgehead atoms. The molecule has 1 aromatic rings. The number of ether oxygens (including phenoxy) is 1. The molecule has 0 unspecified atom stereocenters. The largest absolute Gasteiger partial charge is 0.490 e. The van der Waals surface area contributed by atoms with Gasteiger partial charge in [0.05, 0.1) is 0 Å². The molecular weight excluding hydrogens is 237 g/mol. The van der Waals surface area contributed by atoms with Crippen LogP contribution in [-0.4, -0.2) is 12.1 Å². The highest BCUT2D eigenvalue weighted by molar-refractivity contribution is 7.78. The number of hydrogen-bond donors (Lipinski definition) is 2. The average Bonchev–Trinajstić information content (AvgIpc) is 2.21. The molecular formula is C13H18FNOS. The maximum absolute atomic E-state index is 13.4. The van der Waals surface area contributed by atoms with Crippen molar-refractivity contribution < 1.29 is 9.13 Å². The van der Waals surface area contributed by atoms with Crippen LogP contribution in [0.1, 0.15) is 38.2 Å². The normalized spacial score (nSPS) is 23.6. The Labute approximate surface area is 107 Å². The fourth-order valence-corrected chi connectivity index (χ4v) is 2.16. The minimum Gasteiger partial charge on any atom is -0.490 e. The van der Waals surface area contributed by atoms with Crippen LogP contribution in [0.15, 0.2) is 18.2 Å². The lowest BCUT2D eigenvalue weighted by atomic mass is 9.90. The van der Waals surface area contributed by atoms with Crippen molar-refractivity contribution in [3.63, 3.8) is 0 Å². The van der Waals surface area contributed by atoms with Crippen LogP contribution in [-0.2, 0) is 0 Å². The summed E-state index contributed by atoms with van der Waals surface area (Å²) in [6.07, 6.45) is 2.04. The molecule has 1 aromatic carbocycles. The smallest absolute Gasteiger partial charge is 0.127 e. The van der Waals surface area contributed by atoms with Gasteiger partial charge in [-0.15, -0.1) is 0 Å². The molecule has 0 atom stereocenters. The maximum atomic E-state index is 13.4. The lowest BCUT2D eigenvalue weighted by molar-refractivity contribution is 0.0954. The van der Waals surface area contributed by atoms with Crippen LogP contribution in [0.3, 0.4) is 0 Å². The molecule has 4 heteroatoms. The summed E-state index contributed by atoms with van der Waals surface area (Å²) in [5.41, 5.74) is 0.975. The highest BCUT2D eigenvalue weighted by Gasteiger charge is 2.30. The lowest BCUT2D eigenvalue weighted by Crippen LogP contribution is -2.43. The highest BCUT2D eigenvalue weighted by atomic mass is 32.1. The summed E-state index contributed by atoms with van der Waals surface area (Å²) >= 11 is 4.01. The zero-order valence-corrected chi connectivity index (χ0v) is 11.0. The Morgan fingerprint density at radius 3 is 2.65 bits per heavy atom. The summed E-state index contributed by atoms with van der Waals surface area (Å²) in [7, 11) is 0. The van der Waals surface area contributed by atoms with Crippen molar-refractivity contribution in [1.29, 1.82) is 0 Å². The van der Waals surface area contributed by atoms with Crippen molar-refractivity contribution in [3.8, 4) is 5.75 Å². The first-order valence-corrected chi connectivity index (χ1v) is 6.40. The zero-order chi connectivity index (χ0) is 12.4. The predicted molar refractivity (Wildman–Crippen MR) is 70.0 cm³/mol. The summed E-state index contributed by atoms with van der Waals surface area (Å²) in [4.78, 5) is 0. The Morgan fingerprint density at radius 2 is 2.06 bits per heavy atom. The van der Waals surface area contributed by atoms with Gasteiger partial charge in [0.2, 0.25) is 0 Å². The van der Waals surface area contributed by atoms with Gasteiger partial charge in [0.1, 0.15) is 17.7 Å². The van der Waals surface area contributed by atoms with Gasteiger partial charge < -0.3 is 4.74 Å². The highest BCUT2D eigenvalue weighted by Crippen LogP contribution is 2.28. The summed E-state index contributed by atoms with van der Waals surface area (Å²) < 4.78 is 22.0. The van der Waals surface area contributed by atoms with E-state index in [9.17, 15) is 4.39 Å². The van der Waals surface area contributed by atoms with Gasteiger partial charge >= 0.3 is 0 Å². The molecule has 1 aliphatic rings. The Bertz CT molecular complexity index is 391. The van der Waals surface area contributed by atoms with Crippen molar-refractivity contribution in [3.05, 3.63) is 29.6 Å². The second-order valence-corrected chi connectivity index (χ2v) is 5.17. The molecule has 0 spiro atoms. The van der Waals surface area contributed by atoms with E-state index in [1.807, 2.05) is 19.9 Å². The predicted octanol–water partition coefficient (Wildman–Crippen LogP) is 3.29. The number of benzene rings is 1. The van der Waals surface area contributed by atoms with Crippen molar-refractivity contribution >= 4 is 12.8 Å². The molecule has 94 valence electrons. The molecule has 1 aliphatic carbocycles. The van der Waals surface area contributed by atoms with Crippen LogP contribution in [0.5, 0.6) is 5.75 Å². The quantitative estimate of drug-likeness (QED) is 0.806. The molecule has 1 fully saturated rings. The first-order chi connectivity index (χ1) is 8.08. The minimum absolute atomic E-state index is 0.182. The van der Waals surface area contributed by atoms with Crippen molar-refractivity contribution in [1.82, 2.24) is 4.72 Å². The van der Waals surface area contributed by atoms with Gasteiger partial charge in [-0.25, -0.2) is 4.39 Å². The first kappa shape index (κ1) is 12.7. The molecule has 0 heterocycles.